The third-order valence-electron chi connectivity index (χ3n) is 1.86. The summed E-state index contributed by atoms with van der Waals surface area (Å²) in [5, 5.41) is 1.91. The zero-order chi connectivity index (χ0) is 8.01. The SMILES string of the molecule is Cc1nc2scc(N)n2c1C. The second kappa shape index (κ2) is 1.98. The van der Waals surface area contributed by atoms with E-state index < -0.39 is 0 Å². The van der Waals surface area contributed by atoms with E-state index in [-0.39, 0.29) is 0 Å². The fourth-order valence-electron chi connectivity index (χ4n) is 1.13. The molecule has 0 spiro atoms. The van der Waals surface area contributed by atoms with Gasteiger partial charge < -0.3 is 5.73 Å². The summed E-state index contributed by atoms with van der Waals surface area (Å²) in [4.78, 5) is 5.32. The molecule has 2 N–H and O–H groups in total. The van der Waals surface area contributed by atoms with Crippen LogP contribution in [0.2, 0.25) is 0 Å². The molecule has 0 radical (unpaired) electrons. The molecule has 0 atom stereocenters. The summed E-state index contributed by atoms with van der Waals surface area (Å²) < 4.78 is 1.97. The molecule has 2 heterocycles. The van der Waals surface area contributed by atoms with E-state index in [9.17, 15) is 0 Å². The van der Waals surface area contributed by atoms with Gasteiger partial charge >= 0.3 is 0 Å². The predicted octanol–water partition coefficient (Wildman–Crippen LogP) is 1.59. The molecule has 0 aliphatic carbocycles. The molecule has 2 rings (SSSR count). The van der Waals surface area contributed by atoms with E-state index >= 15 is 0 Å². The first-order valence-electron chi connectivity index (χ1n) is 3.39. The summed E-state index contributed by atoms with van der Waals surface area (Å²) in [6.07, 6.45) is 0. The van der Waals surface area contributed by atoms with Gasteiger partial charge in [-0.05, 0) is 13.8 Å². The minimum Gasteiger partial charge on any atom is -0.384 e. The quantitative estimate of drug-likeness (QED) is 0.647. The number of fused-ring (bicyclic) bond motifs is 1. The van der Waals surface area contributed by atoms with E-state index in [0.717, 1.165) is 22.2 Å². The average Bonchev–Trinajstić information content (AvgIpc) is 2.41. The van der Waals surface area contributed by atoms with Gasteiger partial charge in [0.1, 0.15) is 5.82 Å². The van der Waals surface area contributed by atoms with E-state index in [1.807, 2.05) is 23.6 Å². The summed E-state index contributed by atoms with van der Waals surface area (Å²) >= 11 is 1.58. The van der Waals surface area contributed by atoms with Crippen LogP contribution in [0.1, 0.15) is 11.4 Å². The Morgan fingerprint density at radius 3 is 2.91 bits per heavy atom. The number of imidazole rings is 1. The molecule has 0 fully saturated rings. The first-order chi connectivity index (χ1) is 5.20. The predicted molar refractivity (Wildman–Crippen MR) is 47.0 cm³/mol. The maximum absolute atomic E-state index is 5.72. The standard InChI is InChI=1S/C7H9N3S/c1-4-5(2)10-6(8)3-11-7(10)9-4/h3H,8H2,1-2H3. The number of hydrogen-bond acceptors (Lipinski definition) is 3. The lowest BCUT2D eigenvalue weighted by atomic mass is 10.4. The Morgan fingerprint density at radius 2 is 2.27 bits per heavy atom. The Kier molecular flexibility index (Phi) is 1.20. The van der Waals surface area contributed by atoms with Gasteiger partial charge in [-0.15, -0.1) is 11.3 Å². The lowest BCUT2D eigenvalue weighted by molar-refractivity contribution is 1.12. The van der Waals surface area contributed by atoms with Gasteiger partial charge in [0.15, 0.2) is 4.96 Å². The van der Waals surface area contributed by atoms with Crippen LogP contribution in [0.3, 0.4) is 0 Å². The van der Waals surface area contributed by atoms with Crippen LogP contribution >= 0.6 is 11.3 Å². The van der Waals surface area contributed by atoms with Crippen LogP contribution < -0.4 is 5.73 Å². The van der Waals surface area contributed by atoms with Crippen LogP contribution in [0.15, 0.2) is 5.38 Å². The fourth-order valence-corrected chi connectivity index (χ4v) is 2.00. The first kappa shape index (κ1) is 6.67. The van der Waals surface area contributed by atoms with Crippen molar-refractivity contribution in [2.75, 3.05) is 5.73 Å². The minimum atomic E-state index is 0.781. The van der Waals surface area contributed by atoms with Crippen molar-refractivity contribution in [2.24, 2.45) is 0 Å². The topological polar surface area (TPSA) is 43.3 Å². The van der Waals surface area contributed by atoms with Crippen LogP contribution in [-0.2, 0) is 0 Å². The fraction of sp³-hybridized carbons (Fsp3) is 0.286. The van der Waals surface area contributed by atoms with Crippen molar-refractivity contribution in [3.8, 4) is 0 Å². The molecule has 0 saturated carbocycles. The molecule has 0 bridgehead atoms. The third kappa shape index (κ3) is 0.758. The lowest BCUT2D eigenvalue weighted by Gasteiger charge is -1.92. The van der Waals surface area contributed by atoms with Crippen molar-refractivity contribution < 1.29 is 0 Å². The van der Waals surface area contributed by atoms with Gasteiger partial charge in [0.2, 0.25) is 0 Å². The van der Waals surface area contributed by atoms with Crippen LogP contribution in [0.25, 0.3) is 4.96 Å². The van der Waals surface area contributed by atoms with E-state index in [1.165, 1.54) is 0 Å². The molecule has 2 aromatic heterocycles. The van der Waals surface area contributed by atoms with Crippen molar-refractivity contribution in [1.29, 1.82) is 0 Å². The largest absolute Gasteiger partial charge is 0.384 e. The highest BCUT2D eigenvalue weighted by molar-refractivity contribution is 7.15. The van der Waals surface area contributed by atoms with E-state index in [4.69, 9.17) is 5.73 Å². The molecule has 2 aromatic rings. The third-order valence-corrected chi connectivity index (χ3v) is 2.70. The van der Waals surface area contributed by atoms with Crippen LogP contribution in [0.5, 0.6) is 0 Å². The van der Waals surface area contributed by atoms with Crippen LogP contribution in [0.4, 0.5) is 5.82 Å². The van der Waals surface area contributed by atoms with Gasteiger partial charge in [0.05, 0.1) is 5.69 Å². The molecule has 0 saturated heterocycles. The van der Waals surface area contributed by atoms with Crippen molar-refractivity contribution >= 4 is 22.1 Å². The number of nitrogens with two attached hydrogens (primary N) is 1. The maximum Gasteiger partial charge on any atom is 0.195 e. The lowest BCUT2D eigenvalue weighted by Crippen LogP contribution is -1.92. The Labute approximate surface area is 68.5 Å². The zero-order valence-corrected chi connectivity index (χ0v) is 7.27. The summed E-state index contributed by atoms with van der Waals surface area (Å²) in [7, 11) is 0. The Morgan fingerprint density at radius 1 is 1.55 bits per heavy atom. The Balaban J connectivity index is 2.95. The van der Waals surface area contributed by atoms with Gasteiger partial charge in [-0.1, -0.05) is 0 Å². The number of thiazole rings is 1. The van der Waals surface area contributed by atoms with Crippen LogP contribution in [0, 0.1) is 13.8 Å². The van der Waals surface area contributed by atoms with Gasteiger partial charge in [-0.2, -0.15) is 0 Å². The average molecular weight is 167 g/mol. The molecule has 0 unspecified atom stereocenters. The molecule has 58 valence electrons. The van der Waals surface area contributed by atoms with Crippen molar-refractivity contribution in [2.45, 2.75) is 13.8 Å². The summed E-state index contributed by atoms with van der Waals surface area (Å²) in [5.41, 5.74) is 7.92. The zero-order valence-electron chi connectivity index (χ0n) is 6.46. The molecule has 4 heteroatoms. The highest BCUT2D eigenvalue weighted by atomic mass is 32.1. The highest BCUT2D eigenvalue weighted by Gasteiger charge is 2.07. The normalized spacial score (nSPS) is 11.1. The Bertz CT molecular complexity index is 399. The molecule has 0 aliphatic rings. The smallest absolute Gasteiger partial charge is 0.195 e. The molecule has 0 amide bonds. The number of aryl methyl sites for hydroxylation is 2. The number of rotatable bonds is 0. The van der Waals surface area contributed by atoms with Gasteiger partial charge in [0.25, 0.3) is 0 Å². The number of nitrogen functional groups attached to an aromatic ring is 1. The highest BCUT2D eigenvalue weighted by Crippen LogP contribution is 2.21. The molecular weight excluding hydrogens is 158 g/mol. The minimum absolute atomic E-state index is 0.781. The maximum atomic E-state index is 5.72. The van der Waals surface area contributed by atoms with Crippen molar-refractivity contribution in [3.05, 3.63) is 16.8 Å². The van der Waals surface area contributed by atoms with Gasteiger partial charge in [0, 0.05) is 11.1 Å². The molecule has 3 nitrogen and oxygen atoms in total. The van der Waals surface area contributed by atoms with E-state index in [1.54, 1.807) is 11.3 Å². The van der Waals surface area contributed by atoms with Crippen molar-refractivity contribution in [3.63, 3.8) is 0 Å². The van der Waals surface area contributed by atoms with Gasteiger partial charge in [-0.3, -0.25) is 4.40 Å². The number of aromatic nitrogens is 2. The number of hydrogen-bond donors (Lipinski definition) is 1. The summed E-state index contributed by atoms with van der Waals surface area (Å²) in [6, 6.07) is 0. The Hall–Kier alpha value is -1.03. The van der Waals surface area contributed by atoms with E-state index in [0.29, 0.717) is 0 Å². The summed E-state index contributed by atoms with van der Waals surface area (Å²) in [5.74, 6) is 0.781. The first-order valence-corrected chi connectivity index (χ1v) is 4.26. The second-order valence-corrected chi connectivity index (χ2v) is 3.40. The molecule has 11 heavy (non-hydrogen) atoms. The monoisotopic (exact) mass is 167 g/mol. The number of anilines is 1. The summed E-state index contributed by atoms with van der Waals surface area (Å²) in [6.45, 7) is 4.02. The van der Waals surface area contributed by atoms with E-state index in [2.05, 4.69) is 4.98 Å². The molecule has 0 aliphatic heterocycles. The molecule has 0 aromatic carbocycles. The number of nitrogens with zero attached hydrogens (tertiary/aromatic N) is 2. The van der Waals surface area contributed by atoms with Crippen molar-refractivity contribution in [1.82, 2.24) is 9.38 Å². The second-order valence-electron chi connectivity index (χ2n) is 2.56. The van der Waals surface area contributed by atoms with Crippen LogP contribution in [-0.4, -0.2) is 9.38 Å². The van der Waals surface area contributed by atoms with Gasteiger partial charge in [-0.25, -0.2) is 4.98 Å². The molecular formula is C7H9N3S.